The van der Waals surface area contributed by atoms with Crippen molar-refractivity contribution in [3.8, 4) is 0 Å². The Bertz CT molecular complexity index is 264. The zero-order valence-electron chi connectivity index (χ0n) is 7.11. The second-order valence-corrected chi connectivity index (χ2v) is 3.23. The van der Waals surface area contributed by atoms with Crippen LogP contribution in [0.5, 0.6) is 0 Å². The molecule has 62 valence electrons. The number of nitrogens with zero attached hydrogens (tertiary/aromatic N) is 1. The molecule has 0 aromatic heterocycles. The summed E-state index contributed by atoms with van der Waals surface area (Å²) >= 11 is 0. The lowest BCUT2D eigenvalue weighted by Crippen LogP contribution is -2.07. The van der Waals surface area contributed by atoms with Gasteiger partial charge in [-0.1, -0.05) is 30.3 Å². The molecule has 2 rings (SSSR count). The van der Waals surface area contributed by atoms with Gasteiger partial charge in [-0.25, -0.2) is 0 Å². The van der Waals surface area contributed by atoms with Crippen LogP contribution in [0.1, 0.15) is 24.3 Å². The summed E-state index contributed by atoms with van der Waals surface area (Å²) in [5.41, 5.74) is 1.44. The molecule has 0 radical (unpaired) electrons. The first-order chi connectivity index (χ1) is 5.97. The summed E-state index contributed by atoms with van der Waals surface area (Å²) in [7, 11) is 0. The Morgan fingerprint density at radius 2 is 2.00 bits per heavy atom. The summed E-state index contributed by atoms with van der Waals surface area (Å²) in [5, 5.41) is 0. The van der Waals surface area contributed by atoms with Crippen molar-refractivity contribution >= 4 is 6.21 Å². The minimum atomic E-state index is 0.663. The second-order valence-electron chi connectivity index (χ2n) is 3.23. The molecule has 1 unspecified atom stereocenters. The first-order valence-corrected chi connectivity index (χ1v) is 4.50. The van der Waals surface area contributed by atoms with E-state index >= 15 is 0 Å². The summed E-state index contributed by atoms with van der Waals surface area (Å²) in [6.45, 7) is 0.976. The quantitative estimate of drug-likeness (QED) is 0.597. The topological polar surface area (TPSA) is 12.4 Å². The van der Waals surface area contributed by atoms with E-state index in [-0.39, 0.29) is 0 Å². The molecule has 1 nitrogen and oxygen atoms in total. The molecule has 1 heterocycles. The predicted molar refractivity (Wildman–Crippen MR) is 51.8 cm³/mol. The summed E-state index contributed by atoms with van der Waals surface area (Å²) in [4.78, 5) is 4.31. The van der Waals surface area contributed by atoms with Gasteiger partial charge in [-0.05, 0) is 24.6 Å². The second kappa shape index (κ2) is 3.53. The van der Waals surface area contributed by atoms with Crippen molar-refractivity contribution < 1.29 is 0 Å². The van der Waals surface area contributed by atoms with Gasteiger partial charge < -0.3 is 0 Å². The molecule has 0 amide bonds. The Morgan fingerprint density at radius 3 is 2.67 bits per heavy atom. The van der Waals surface area contributed by atoms with Crippen LogP contribution in [0.3, 0.4) is 0 Å². The van der Waals surface area contributed by atoms with Crippen molar-refractivity contribution in [3.05, 3.63) is 35.9 Å². The summed E-state index contributed by atoms with van der Waals surface area (Å²) in [6, 6.07) is 10.7. The number of rotatable bonds is 1. The third-order valence-corrected chi connectivity index (χ3v) is 2.37. The molecule has 1 heteroatoms. The van der Waals surface area contributed by atoms with Crippen LogP contribution < -0.4 is 0 Å². The van der Waals surface area contributed by atoms with E-state index in [0.717, 1.165) is 13.0 Å². The van der Waals surface area contributed by atoms with E-state index in [0.29, 0.717) is 5.92 Å². The van der Waals surface area contributed by atoms with Gasteiger partial charge in [0.05, 0.1) is 0 Å². The molecule has 1 aromatic carbocycles. The molecule has 1 aromatic rings. The molecule has 0 N–H and O–H groups in total. The third-order valence-electron chi connectivity index (χ3n) is 2.37. The summed E-state index contributed by atoms with van der Waals surface area (Å²) < 4.78 is 0. The van der Waals surface area contributed by atoms with Crippen LogP contribution in [0.4, 0.5) is 0 Å². The Balaban J connectivity index is 2.15. The molecule has 1 aliphatic rings. The first kappa shape index (κ1) is 7.53. The van der Waals surface area contributed by atoms with Crippen molar-refractivity contribution in [1.29, 1.82) is 0 Å². The zero-order chi connectivity index (χ0) is 8.23. The average molecular weight is 159 g/mol. The van der Waals surface area contributed by atoms with Crippen LogP contribution in [-0.2, 0) is 0 Å². The maximum absolute atomic E-state index is 4.31. The Kier molecular flexibility index (Phi) is 2.21. The van der Waals surface area contributed by atoms with Crippen molar-refractivity contribution in [2.75, 3.05) is 6.54 Å². The highest BCUT2D eigenvalue weighted by molar-refractivity contribution is 5.58. The largest absolute Gasteiger partial charge is 0.297 e. The Morgan fingerprint density at radius 1 is 1.17 bits per heavy atom. The first-order valence-electron chi connectivity index (χ1n) is 4.50. The molecule has 1 atom stereocenters. The number of benzene rings is 1. The van der Waals surface area contributed by atoms with Crippen LogP contribution in [0.2, 0.25) is 0 Å². The van der Waals surface area contributed by atoms with Gasteiger partial charge in [-0.15, -0.1) is 0 Å². The van der Waals surface area contributed by atoms with Gasteiger partial charge in [0.15, 0.2) is 0 Å². The monoisotopic (exact) mass is 159 g/mol. The molecule has 12 heavy (non-hydrogen) atoms. The maximum Gasteiger partial charge on any atom is 0.0454 e. The fraction of sp³-hybridized carbons (Fsp3) is 0.364. The highest BCUT2D eigenvalue weighted by atomic mass is 14.7. The average Bonchev–Trinajstić information content (AvgIpc) is 2.21. The molecular weight excluding hydrogens is 146 g/mol. The van der Waals surface area contributed by atoms with Crippen LogP contribution >= 0.6 is 0 Å². The minimum absolute atomic E-state index is 0.663. The Hall–Kier alpha value is -1.11. The van der Waals surface area contributed by atoms with E-state index in [1.165, 1.54) is 12.0 Å². The van der Waals surface area contributed by atoms with Crippen molar-refractivity contribution in [1.82, 2.24) is 0 Å². The lowest BCUT2D eigenvalue weighted by Gasteiger charge is -2.16. The van der Waals surface area contributed by atoms with E-state index < -0.39 is 0 Å². The molecule has 0 saturated carbocycles. The number of hydrogen-bond donors (Lipinski definition) is 0. The fourth-order valence-corrected chi connectivity index (χ4v) is 1.66. The van der Waals surface area contributed by atoms with E-state index in [2.05, 4.69) is 35.3 Å². The lowest BCUT2D eigenvalue weighted by molar-refractivity contribution is 0.634. The van der Waals surface area contributed by atoms with Crippen LogP contribution in [0.15, 0.2) is 35.3 Å². The van der Waals surface area contributed by atoms with Crippen LogP contribution in [0, 0.1) is 0 Å². The van der Waals surface area contributed by atoms with Crippen molar-refractivity contribution in [2.24, 2.45) is 4.99 Å². The standard InChI is InChI=1S/C11H13N/c1-2-5-10(6-3-1)11-7-4-8-12-9-11/h1-3,5-6,8,11H,4,7,9H2. The van der Waals surface area contributed by atoms with Gasteiger partial charge in [-0.2, -0.15) is 0 Å². The Labute approximate surface area is 73.1 Å². The van der Waals surface area contributed by atoms with E-state index in [4.69, 9.17) is 0 Å². The molecule has 0 aliphatic carbocycles. The zero-order valence-corrected chi connectivity index (χ0v) is 7.11. The van der Waals surface area contributed by atoms with Gasteiger partial charge in [0.2, 0.25) is 0 Å². The van der Waals surface area contributed by atoms with Crippen LogP contribution in [0.25, 0.3) is 0 Å². The molecule has 0 bridgehead atoms. The fourth-order valence-electron chi connectivity index (χ4n) is 1.66. The highest BCUT2D eigenvalue weighted by Crippen LogP contribution is 2.23. The normalized spacial score (nSPS) is 22.5. The summed E-state index contributed by atoms with van der Waals surface area (Å²) in [5.74, 6) is 0.663. The van der Waals surface area contributed by atoms with E-state index in [9.17, 15) is 0 Å². The van der Waals surface area contributed by atoms with Crippen LogP contribution in [-0.4, -0.2) is 12.8 Å². The van der Waals surface area contributed by atoms with Gasteiger partial charge in [-0.3, -0.25) is 4.99 Å². The minimum Gasteiger partial charge on any atom is -0.297 e. The van der Waals surface area contributed by atoms with Crippen molar-refractivity contribution in [3.63, 3.8) is 0 Å². The summed E-state index contributed by atoms with van der Waals surface area (Å²) in [6.07, 6.45) is 4.44. The lowest BCUT2D eigenvalue weighted by atomic mass is 9.93. The number of aliphatic imine (C=N–C) groups is 1. The van der Waals surface area contributed by atoms with Gasteiger partial charge >= 0.3 is 0 Å². The number of hydrogen-bond acceptors (Lipinski definition) is 1. The van der Waals surface area contributed by atoms with Crippen molar-refractivity contribution in [2.45, 2.75) is 18.8 Å². The molecular formula is C11H13N. The molecule has 1 aliphatic heterocycles. The van der Waals surface area contributed by atoms with Gasteiger partial charge in [0.25, 0.3) is 0 Å². The SMILES string of the molecule is C1=NCC(c2ccccc2)CC1. The maximum atomic E-state index is 4.31. The smallest absolute Gasteiger partial charge is 0.0454 e. The van der Waals surface area contributed by atoms with E-state index in [1.807, 2.05) is 6.21 Å². The molecule has 0 saturated heterocycles. The molecule has 0 fully saturated rings. The van der Waals surface area contributed by atoms with E-state index in [1.54, 1.807) is 0 Å². The van der Waals surface area contributed by atoms with Gasteiger partial charge in [0.1, 0.15) is 0 Å². The highest BCUT2D eigenvalue weighted by Gasteiger charge is 2.11. The molecule has 0 spiro atoms. The predicted octanol–water partition coefficient (Wildman–Crippen LogP) is 2.63. The third kappa shape index (κ3) is 1.55. The van der Waals surface area contributed by atoms with Gasteiger partial charge in [0, 0.05) is 12.5 Å².